The van der Waals surface area contributed by atoms with Gasteiger partial charge in [0.15, 0.2) is 11.5 Å². The van der Waals surface area contributed by atoms with Crippen LogP contribution in [0.25, 0.3) is 10.9 Å². The van der Waals surface area contributed by atoms with E-state index in [1.807, 2.05) is 12.3 Å². The Morgan fingerprint density at radius 1 is 1.19 bits per heavy atom. The van der Waals surface area contributed by atoms with Gasteiger partial charge >= 0.3 is 0 Å². The number of benzene rings is 1. The molecule has 1 aliphatic heterocycles. The summed E-state index contributed by atoms with van der Waals surface area (Å²) in [5, 5.41) is 3.82. The molecule has 0 saturated carbocycles. The molecule has 3 rings (SSSR count). The first-order valence-corrected chi connectivity index (χ1v) is 9.03. The molecule has 0 atom stereocenters. The van der Waals surface area contributed by atoms with Crippen molar-refractivity contribution in [2.24, 2.45) is 0 Å². The number of morpholine rings is 1. The van der Waals surface area contributed by atoms with E-state index in [-0.39, 0.29) is 12.3 Å². The standard InChI is InChI=1S/C19H27N3O5/c1-24-15-11-14-17(19(26-3)18(15)25-2)13(12-21-14)10-16(23)20-4-5-22-6-8-27-9-7-22/h11-12,21H,4-10H2,1-3H3,(H,20,23). The summed E-state index contributed by atoms with van der Waals surface area (Å²) >= 11 is 0. The van der Waals surface area contributed by atoms with Crippen molar-refractivity contribution < 1.29 is 23.7 Å². The number of nitrogens with one attached hydrogen (secondary N) is 2. The second-order valence-electron chi connectivity index (χ2n) is 6.36. The summed E-state index contributed by atoms with van der Waals surface area (Å²) in [7, 11) is 4.72. The third kappa shape index (κ3) is 4.28. The maximum Gasteiger partial charge on any atom is 0.224 e. The molecule has 2 heterocycles. The largest absolute Gasteiger partial charge is 0.493 e. The molecule has 8 heteroatoms. The van der Waals surface area contributed by atoms with Crippen LogP contribution in [0, 0.1) is 0 Å². The molecule has 0 bridgehead atoms. The van der Waals surface area contributed by atoms with Crippen molar-refractivity contribution in [2.75, 3.05) is 60.7 Å². The molecule has 1 fully saturated rings. The van der Waals surface area contributed by atoms with Gasteiger partial charge in [-0.15, -0.1) is 0 Å². The summed E-state index contributed by atoms with van der Waals surface area (Å²) in [5.41, 5.74) is 1.69. The number of carbonyl (C=O) groups is 1. The van der Waals surface area contributed by atoms with Crippen LogP contribution in [0.1, 0.15) is 5.56 Å². The van der Waals surface area contributed by atoms with Crippen molar-refractivity contribution in [2.45, 2.75) is 6.42 Å². The van der Waals surface area contributed by atoms with E-state index in [4.69, 9.17) is 18.9 Å². The highest BCUT2D eigenvalue weighted by atomic mass is 16.5. The van der Waals surface area contributed by atoms with E-state index in [1.165, 1.54) is 0 Å². The Morgan fingerprint density at radius 3 is 2.59 bits per heavy atom. The minimum Gasteiger partial charge on any atom is -0.493 e. The monoisotopic (exact) mass is 377 g/mol. The zero-order chi connectivity index (χ0) is 19.2. The molecule has 8 nitrogen and oxygen atoms in total. The van der Waals surface area contributed by atoms with Gasteiger partial charge in [-0.1, -0.05) is 0 Å². The fourth-order valence-electron chi connectivity index (χ4n) is 3.38. The highest BCUT2D eigenvalue weighted by Gasteiger charge is 2.21. The first-order valence-electron chi connectivity index (χ1n) is 9.03. The summed E-state index contributed by atoms with van der Waals surface area (Å²) in [6.45, 7) is 4.80. The second kappa shape index (κ2) is 8.96. The Labute approximate surface area is 158 Å². The zero-order valence-corrected chi connectivity index (χ0v) is 16.1. The number of rotatable bonds is 8. The predicted molar refractivity (Wildman–Crippen MR) is 102 cm³/mol. The third-order valence-electron chi connectivity index (χ3n) is 4.76. The molecule has 1 aromatic heterocycles. The van der Waals surface area contributed by atoms with Gasteiger partial charge in [0.2, 0.25) is 11.7 Å². The maximum atomic E-state index is 12.4. The van der Waals surface area contributed by atoms with E-state index in [2.05, 4.69) is 15.2 Å². The summed E-state index contributed by atoms with van der Waals surface area (Å²) < 4.78 is 21.7. The first-order chi connectivity index (χ1) is 13.2. The van der Waals surface area contributed by atoms with Gasteiger partial charge in [-0.25, -0.2) is 0 Å². The number of nitrogens with zero attached hydrogens (tertiary/aromatic N) is 1. The SMILES string of the molecule is COc1cc2[nH]cc(CC(=O)NCCN3CCOCC3)c2c(OC)c1OC. The van der Waals surface area contributed by atoms with E-state index >= 15 is 0 Å². The van der Waals surface area contributed by atoms with Gasteiger partial charge in [-0.2, -0.15) is 0 Å². The lowest BCUT2D eigenvalue weighted by molar-refractivity contribution is -0.120. The molecule has 0 unspecified atom stereocenters. The predicted octanol–water partition coefficient (Wildman–Crippen LogP) is 1.18. The van der Waals surface area contributed by atoms with Gasteiger partial charge < -0.3 is 29.2 Å². The summed E-state index contributed by atoms with van der Waals surface area (Å²) in [6.07, 6.45) is 2.09. The maximum absolute atomic E-state index is 12.4. The number of fused-ring (bicyclic) bond motifs is 1. The van der Waals surface area contributed by atoms with Crippen molar-refractivity contribution in [3.05, 3.63) is 17.8 Å². The molecule has 1 saturated heterocycles. The molecular formula is C19H27N3O5. The molecule has 0 radical (unpaired) electrons. The molecule has 2 N–H and O–H groups in total. The molecule has 2 aromatic rings. The number of aromatic nitrogens is 1. The van der Waals surface area contributed by atoms with Crippen LogP contribution in [0.3, 0.4) is 0 Å². The van der Waals surface area contributed by atoms with Crippen LogP contribution in [0.4, 0.5) is 0 Å². The van der Waals surface area contributed by atoms with Gasteiger partial charge in [-0.05, 0) is 5.56 Å². The van der Waals surface area contributed by atoms with E-state index in [0.29, 0.717) is 23.8 Å². The number of carbonyl (C=O) groups excluding carboxylic acids is 1. The van der Waals surface area contributed by atoms with Gasteiger partial charge in [0, 0.05) is 43.8 Å². The number of amides is 1. The number of aromatic amines is 1. The van der Waals surface area contributed by atoms with Crippen molar-refractivity contribution in [3.63, 3.8) is 0 Å². The first kappa shape index (κ1) is 19.3. The lowest BCUT2D eigenvalue weighted by atomic mass is 10.1. The van der Waals surface area contributed by atoms with E-state index < -0.39 is 0 Å². The van der Waals surface area contributed by atoms with E-state index in [0.717, 1.165) is 49.3 Å². The molecule has 27 heavy (non-hydrogen) atoms. The quantitative estimate of drug-likeness (QED) is 0.719. The highest BCUT2D eigenvalue weighted by molar-refractivity contribution is 5.96. The molecule has 1 aromatic carbocycles. The van der Waals surface area contributed by atoms with E-state index in [9.17, 15) is 4.79 Å². The minimum atomic E-state index is -0.0269. The Bertz CT molecular complexity index is 783. The number of hydrogen-bond acceptors (Lipinski definition) is 6. The minimum absolute atomic E-state index is 0.0269. The Kier molecular flexibility index (Phi) is 6.41. The average Bonchev–Trinajstić information content (AvgIpc) is 3.09. The zero-order valence-electron chi connectivity index (χ0n) is 16.1. The molecule has 1 aliphatic rings. The van der Waals surface area contributed by atoms with Crippen molar-refractivity contribution in [1.82, 2.24) is 15.2 Å². The van der Waals surface area contributed by atoms with Crippen LogP contribution in [-0.2, 0) is 16.0 Å². The summed E-state index contributed by atoms with van der Waals surface area (Å²) in [4.78, 5) is 17.9. The van der Waals surface area contributed by atoms with Crippen molar-refractivity contribution in [1.29, 1.82) is 0 Å². The van der Waals surface area contributed by atoms with E-state index in [1.54, 1.807) is 21.3 Å². The molecule has 148 valence electrons. The number of ether oxygens (including phenoxy) is 4. The Balaban J connectivity index is 1.70. The van der Waals surface area contributed by atoms with Crippen LogP contribution in [0.2, 0.25) is 0 Å². The fourth-order valence-corrected chi connectivity index (χ4v) is 3.38. The summed E-state index contributed by atoms with van der Waals surface area (Å²) in [5.74, 6) is 1.62. The number of H-pyrrole nitrogens is 1. The van der Waals surface area contributed by atoms with Crippen LogP contribution in [0.5, 0.6) is 17.2 Å². The topological polar surface area (TPSA) is 85.1 Å². The normalized spacial score (nSPS) is 14.9. The average molecular weight is 377 g/mol. The lowest BCUT2D eigenvalue weighted by Gasteiger charge is -2.26. The molecule has 0 aliphatic carbocycles. The lowest BCUT2D eigenvalue weighted by Crippen LogP contribution is -2.41. The highest BCUT2D eigenvalue weighted by Crippen LogP contribution is 2.44. The molecular weight excluding hydrogens is 350 g/mol. The molecule has 0 spiro atoms. The number of methoxy groups -OCH3 is 3. The summed E-state index contributed by atoms with van der Waals surface area (Å²) in [6, 6.07) is 1.84. The molecule has 1 amide bonds. The number of hydrogen-bond donors (Lipinski definition) is 2. The Hall–Kier alpha value is -2.45. The smallest absolute Gasteiger partial charge is 0.224 e. The van der Waals surface area contributed by atoms with Crippen LogP contribution in [-0.4, -0.2) is 76.5 Å². The van der Waals surface area contributed by atoms with Gasteiger partial charge in [-0.3, -0.25) is 9.69 Å². The van der Waals surface area contributed by atoms with Crippen molar-refractivity contribution in [3.8, 4) is 17.2 Å². The van der Waals surface area contributed by atoms with Gasteiger partial charge in [0.25, 0.3) is 0 Å². The van der Waals surface area contributed by atoms with Crippen LogP contribution >= 0.6 is 0 Å². The Morgan fingerprint density at radius 2 is 1.93 bits per heavy atom. The fraction of sp³-hybridized carbons (Fsp3) is 0.526. The van der Waals surface area contributed by atoms with Gasteiger partial charge in [0.05, 0.1) is 46.5 Å². The third-order valence-corrected chi connectivity index (χ3v) is 4.76. The van der Waals surface area contributed by atoms with Gasteiger partial charge in [0.1, 0.15) is 0 Å². The second-order valence-corrected chi connectivity index (χ2v) is 6.36. The van der Waals surface area contributed by atoms with Crippen LogP contribution < -0.4 is 19.5 Å². The van der Waals surface area contributed by atoms with Crippen LogP contribution in [0.15, 0.2) is 12.3 Å². The van der Waals surface area contributed by atoms with Crippen molar-refractivity contribution >= 4 is 16.8 Å².